The predicted molar refractivity (Wildman–Crippen MR) is 106 cm³/mol. The van der Waals surface area contributed by atoms with Crippen LogP contribution in [0.3, 0.4) is 0 Å². The normalized spacial score (nSPS) is 33.9. The van der Waals surface area contributed by atoms with E-state index in [2.05, 4.69) is 0 Å². The second-order valence-corrected chi connectivity index (χ2v) is 15.7. The number of fused-ring (bicyclic) bond motifs is 8. The lowest BCUT2D eigenvalue weighted by molar-refractivity contribution is 0.103. The topological polar surface area (TPSA) is 77.5 Å². The Morgan fingerprint density at radius 2 is 1.11 bits per heavy atom. The van der Waals surface area contributed by atoms with Crippen molar-refractivity contribution in [1.29, 1.82) is 0 Å². The van der Waals surface area contributed by atoms with Gasteiger partial charge in [0, 0.05) is 0 Å². The van der Waals surface area contributed by atoms with Gasteiger partial charge in [-0.1, -0.05) is 6.42 Å². The van der Waals surface area contributed by atoms with E-state index in [4.69, 9.17) is 4.74 Å². The first-order valence-corrected chi connectivity index (χ1v) is 12.8. The molecule has 4 atom stereocenters. The third kappa shape index (κ3) is 2.43. The van der Waals surface area contributed by atoms with Crippen LogP contribution < -0.4 is 0 Å². The van der Waals surface area contributed by atoms with Gasteiger partial charge < -0.3 is 4.74 Å². The first kappa shape index (κ1) is 19.6. The smallest absolute Gasteiger partial charge is 0.183 e. The first-order chi connectivity index (χ1) is 12.2. The summed E-state index contributed by atoms with van der Waals surface area (Å²) in [7, 11) is -7.65. The van der Waals surface area contributed by atoms with Crippen molar-refractivity contribution < 1.29 is 21.6 Å². The second kappa shape index (κ2) is 5.48. The largest absolute Gasteiger partial charge is 0.355 e. The number of hydrogen-bond donors (Lipinski definition) is 0. The molecule has 2 heterocycles. The van der Waals surface area contributed by atoms with Gasteiger partial charge in [-0.15, -0.1) is 0 Å². The zero-order valence-electron chi connectivity index (χ0n) is 17.0. The van der Waals surface area contributed by atoms with Crippen molar-refractivity contribution in [2.24, 2.45) is 11.8 Å². The molecule has 0 radical (unpaired) electrons. The van der Waals surface area contributed by atoms with Crippen LogP contribution in [0.1, 0.15) is 67.2 Å². The SMILES string of the molecule is CC(C)(C)S(=O)(=O)C1=C(S(=O)(=O)C(C)(C)C)C2OC1C1=C2[C@@H]2CCCC1C2. The molecule has 0 amide bonds. The zero-order chi connectivity index (χ0) is 20.2. The summed E-state index contributed by atoms with van der Waals surface area (Å²) in [6, 6.07) is 0. The summed E-state index contributed by atoms with van der Waals surface area (Å²) in [6.07, 6.45) is 2.83. The molecular formula is C20H30O5S2. The Balaban J connectivity index is 1.98. The summed E-state index contributed by atoms with van der Waals surface area (Å²) >= 11 is 0. The van der Waals surface area contributed by atoms with Crippen molar-refractivity contribution >= 4 is 19.7 Å². The van der Waals surface area contributed by atoms with E-state index in [0.29, 0.717) is 11.8 Å². The first-order valence-electron chi connectivity index (χ1n) is 9.82. The fourth-order valence-electron chi connectivity index (χ4n) is 5.11. The molecule has 4 bridgehead atoms. The van der Waals surface area contributed by atoms with Crippen LogP contribution in [0.15, 0.2) is 21.0 Å². The summed E-state index contributed by atoms with van der Waals surface area (Å²) in [5.74, 6) is 0.690. The Morgan fingerprint density at radius 1 is 0.741 bits per heavy atom. The van der Waals surface area contributed by atoms with E-state index < -0.39 is 41.4 Å². The lowest BCUT2D eigenvalue weighted by Crippen LogP contribution is -2.38. The van der Waals surface area contributed by atoms with Gasteiger partial charge in [-0.2, -0.15) is 0 Å². The molecule has 27 heavy (non-hydrogen) atoms. The van der Waals surface area contributed by atoms with Crippen LogP contribution >= 0.6 is 0 Å². The Kier molecular flexibility index (Phi) is 3.99. The molecule has 0 saturated heterocycles. The molecule has 7 heteroatoms. The Bertz CT molecular complexity index is 892. The van der Waals surface area contributed by atoms with Gasteiger partial charge in [0.15, 0.2) is 19.7 Å². The lowest BCUT2D eigenvalue weighted by atomic mass is 9.84. The van der Waals surface area contributed by atoms with Crippen LogP contribution in [0.2, 0.25) is 0 Å². The highest BCUT2D eigenvalue weighted by Crippen LogP contribution is 2.61. The van der Waals surface area contributed by atoms with Crippen LogP contribution in [0.4, 0.5) is 0 Å². The molecule has 4 rings (SSSR count). The fourth-order valence-corrected chi connectivity index (χ4v) is 8.76. The van der Waals surface area contributed by atoms with Gasteiger partial charge in [0.05, 0.1) is 19.3 Å². The molecule has 2 aliphatic carbocycles. The molecule has 5 nitrogen and oxygen atoms in total. The number of hydrogen-bond acceptors (Lipinski definition) is 5. The highest BCUT2D eigenvalue weighted by Gasteiger charge is 2.62. The second-order valence-electron chi connectivity index (χ2n) is 10.3. The molecule has 0 N–H and O–H groups in total. The highest BCUT2D eigenvalue weighted by atomic mass is 32.2. The molecule has 3 unspecified atom stereocenters. The molecule has 0 spiro atoms. The Hall–Kier alpha value is -0.660. The summed E-state index contributed by atoms with van der Waals surface area (Å²) in [4.78, 5) is 0.0578. The van der Waals surface area contributed by atoms with E-state index in [1.54, 1.807) is 41.5 Å². The van der Waals surface area contributed by atoms with Crippen LogP contribution in [0.5, 0.6) is 0 Å². The van der Waals surface area contributed by atoms with Gasteiger partial charge in [0.2, 0.25) is 0 Å². The standard InChI is InChI=1S/C20H30O5S2/c1-19(2,3)26(21,22)17-15-13-11-8-7-9-12(10-11)14(13)16(25-15)18(17)27(23,24)20(4,5)6/h11-12,15-16H,7-10H2,1-6H3/t11-,12?,15?,16?/m1/s1. The molecule has 0 aromatic rings. The molecule has 0 aromatic carbocycles. The van der Waals surface area contributed by atoms with Crippen molar-refractivity contribution in [3.05, 3.63) is 21.0 Å². The van der Waals surface area contributed by atoms with Crippen molar-refractivity contribution in [2.75, 3.05) is 0 Å². The molecule has 2 aliphatic heterocycles. The molecule has 1 fully saturated rings. The maximum absolute atomic E-state index is 13.5. The van der Waals surface area contributed by atoms with Gasteiger partial charge >= 0.3 is 0 Å². The lowest BCUT2D eigenvalue weighted by Gasteiger charge is -2.29. The summed E-state index contributed by atoms with van der Waals surface area (Å²) in [5.41, 5.74) is 2.19. The molecule has 152 valence electrons. The van der Waals surface area contributed by atoms with Crippen molar-refractivity contribution in [1.82, 2.24) is 0 Å². The number of sulfone groups is 2. The van der Waals surface area contributed by atoms with E-state index in [9.17, 15) is 16.8 Å². The van der Waals surface area contributed by atoms with Crippen LogP contribution in [0, 0.1) is 11.8 Å². The van der Waals surface area contributed by atoms with E-state index in [1.807, 2.05) is 0 Å². The van der Waals surface area contributed by atoms with E-state index in [0.717, 1.165) is 36.8 Å². The summed E-state index contributed by atoms with van der Waals surface area (Å²) in [5, 5.41) is 0. The van der Waals surface area contributed by atoms with Crippen molar-refractivity contribution in [2.45, 2.75) is 88.9 Å². The van der Waals surface area contributed by atoms with Gasteiger partial charge in [-0.3, -0.25) is 0 Å². The zero-order valence-corrected chi connectivity index (χ0v) is 18.6. The minimum Gasteiger partial charge on any atom is -0.355 e. The summed E-state index contributed by atoms with van der Waals surface area (Å²) < 4.78 is 57.9. The third-order valence-corrected chi connectivity index (χ3v) is 12.0. The predicted octanol–water partition coefficient (Wildman–Crippen LogP) is 3.52. The molecule has 0 aromatic heterocycles. The average molecular weight is 415 g/mol. The maximum Gasteiger partial charge on any atom is 0.183 e. The van der Waals surface area contributed by atoms with Gasteiger partial charge in [-0.25, -0.2) is 16.8 Å². The third-order valence-electron chi connectivity index (χ3n) is 6.63. The Morgan fingerprint density at radius 3 is 1.44 bits per heavy atom. The van der Waals surface area contributed by atoms with E-state index >= 15 is 0 Å². The fraction of sp³-hybridized carbons (Fsp3) is 0.800. The molecule has 4 aliphatic rings. The van der Waals surface area contributed by atoms with Crippen LogP contribution in [0.25, 0.3) is 0 Å². The van der Waals surface area contributed by atoms with Crippen LogP contribution in [-0.2, 0) is 24.4 Å². The van der Waals surface area contributed by atoms with Crippen LogP contribution in [-0.4, -0.2) is 38.5 Å². The Labute approximate surface area is 163 Å². The number of rotatable bonds is 2. The summed E-state index contributed by atoms with van der Waals surface area (Å²) in [6.45, 7) is 9.78. The molecular weight excluding hydrogens is 384 g/mol. The minimum atomic E-state index is -3.83. The van der Waals surface area contributed by atoms with Gasteiger partial charge in [0.1, 0.15) is 12.2 Å². The van der Waals surface area contributed by atoms with Gasteiger partial charge in [0.25, 0.3) is 0 Å². The monoisotopic (exact) mass is 414 g/mol. The minimum absolute atomic E-state index is 0.0289. The quantitative estimate of drug-likeness (QED) is 0.646. The van der Waals surface area contributed by atoms with E-state index in [-0.39, 0.29) is 9.81 Å². The highest BCUT2D eigenvalue weighted by molar-refractivity contribution is 8.00. The maximum atomic E-state index is 13.5. The van der Waals surface area contributed by atoms with Crippen molar-refractivity contribution in [3.8, 4) is 0 Å². The van der Waals surface area contributed by atoms with Gasteiger partial charge in [-0.05, 0) is 83.8 Å². The van der Waals surface area contributed by atoms with E-state index in [1.165, 1.54) is 0 Å². The molecule has 1 saturated carbocycles. The van der Waals surface area contributed by atoms with Crippen molar-refractivity contribution in [3.63, 3.8) is 0 Å². The average Bonchev–Trinajstić information content (AvgIpc) is 3.14. The number of ether oxygens (including phenoxy) is 1.